The summed E-state index contributed by atoms with van der Waals surface area (Å²) < 4.78 is 8.47. The molecule has 1 aromatic heterocycles. The molecule has 0 saturated carbocycles. The number of β-amino-alcohol motifs (C(OH)–C–C–N with tert-alkyl or cyclic N) is 1. The molecule has 6 nitrogen and oxygen atoms in total. The van der Waals surface area contributed by atoms with Gasteiger partial charge in [-0.2, -0.15) is 0 Å². The highest BCUT2D eigenvalue weighted by Gasteiger charge is 2.35. The number of hydrogen-bond acceptors (Lipinski definition) is 4. The predicted molar refractivity (Wildman–Crippen MR) is 114 cm³/mol. The van der Waals surface area contributed by atoms with Crippen molar-refractivity contribution >= 4 is 16.8 Å². The summed E-state index contributed by atoms with van der Waals surface area (Å²) in [6.45, 7) is 5.28. The van der Waals surface area contributed by atoms with Gasteiger partial charge in [-0.15, -0.1) is 0 Å². The number of nitrogens with zero attached hydrogens (tertiary/aromatic N) is 3. The first-order valence-corrected chi connectivity index (χ1v) is 10.8. The van der Waals surface area contributed by atoms with Crippen molar-refractivity contribution in [2.45, 2.75) is 50.7 Å². The van der Waals surface area contributed by atoms with Gasteiger partial charge in [-0.1, -0.05) is 6.07 Å². The third-order valence-corrected chi connectivity index (χ3v) is 6.48. The van der Waals surface area contributed by atoms with Crippen LogP contribution in [0.5, 0.6) is 5.75 Å². The second-order valence-corrected chi connectivity index (χ2v) is 8.83. The van der Waals surface area contributed by atoms with Gasteiger partial charge < -0.3 is 24.2 Å². The SMILES string of the molecule is CC(=O)N1CCCCC(O)(CN2CCC(Oc3cccc4c3ccn4C)CC2)C1. The zero-order chi connectivity index (χ0) is 20.4. The van der Waals surface area contributed by atoms with Crippen LogP contribution in [0.15, 0.2) is 30.5 Å². The van der Waals surface area contributed by atoms with E-state index >= 15 is 0 Å². The van der Waals surface area contributed by atoms with Gasteiger partial charge in [0.2, 0.25) is 5.91 Å². The van der Waals surface area contributed by atoms with Crippen LogP contribution in [0.1, 0.15) is 39.0 Å². The molecule has 0 spiro atoms. The minimum atomic E-state index is -0.800. The topological polar surface area (TPSA) is 57.9 Å². The van der Waals surface area contributed by atoms with Crippen LogP contribution < -0.4 is 4.74 Å². The molecule has 6 heteroatoms. The number of likely N-dealkylation sites (tertiary alicyclic amines) is 2. The summed E-state index contributed by atoms with van der Waals surface area (Å²) in [6.07, 6.45) is 6.89. The van der Waals surface area contributed by atoms with Crippen LogP contribution in [0.25, 0.3) is 10.9 Å². The molecule has 0 radical (unpaired) electrons. The Hall–Kier alpha value is -2.05. The Morgan fingerprint density at radius 1 is 1.21 bits per heavy atom. The maximum Gasteiger partial charge on any atom is 0.219 e. The average Bonchev–Trinajstić information content (AvgIpc) is 2.96. The van der Waals surface area contributed by atoms with E-state index in [1.165, 1.54) is 5.52 Å². The molecule has 2 aromatic rings. The molecular weight excluding hydrogens is 366 g/mol. The first-order valence-electron chi connectivity index (χ1n) is 10.8. The van der Waals surface area contributed by atoms with E-state index in [1.54, 1.807) is 6.92 Å². The summed E-state index contributed by atoms with van der Waals surface area (Å²) in [5.41, 5.74) is 0.386. The van der Waals surface area contributed by atoms with Gasteiger partial charge in [-0.05, 0) is 50.3 Å². The third kappa shape index (κ3) is 4.59. The second kappa shape index (κ2) is 8.36. The van der Waals surface area contributed by atoms with Crippen LogP contribution in [0.4, 0.5) is 0 Å². The van der Waals surface area contributed by atoms with Gasteiger partial charge in [-0.3, -0.25) is 4.79 Å². The molecule has 3 heterocycles. The van der Waals surface area contributed by atoms with E-state index in [0.29, 0.717) is 13.1 Å². The largest absolute Gasteiger partial charge is 0.490 e. The van der Waals surface area contributed by atoms with Crippen molar-refractivity contribution in [3.63, 3.8) is 0 Å². The number of ether oxygens (including phenoxy) is 1. The van der Waals surface area contributed by atoms with Crippen molar-refractivity contribution in [2.75, 3.05) is 32.7 Å². The Kier molecular flexibility index (Phi) is 5.83. The monoisotopic (exact) mass is 399 g/mol. The van der Waals surface area contributed by atoms with Crippen LogP contribution >= 0.6 is 0 Å². The maximum absolute atomic E-state index is 11.8. The molecule has 1 unspecified atom stereocenters. The fourth-order valence-corrected chi connectivity index (χ4v) is 4.83. The minimum Gasteiger partial charge on any atom is -0.490 e. The number of carbonyl (C=O) groups is 1. The van der Waals surface area contributed by atoms with Crippen LogP contribution in [0.3, 0.4) is 0 Å². The third-order valence-electron chi connectivity index (χ3n) is 6.48. The van der Waals surface area contributed by atoms with Crippen molar-refractivity contribution in [3.8, 4) is 5.75 Å². The lowest BCUT2D eigenvalue weighted by Crippen LogP contribution is -2.52. The normalized spacial score (nSPS) is 24.6. The highest BCUT2D eigenvalue weighted by molar-refractivity contribution is 5.86. The predicted octanol–water partition coefficient (Wildman–Crippen LogP) is 2.79. The maximum atomic E-state index is 11.8. The van der Waals surface area contributed by atoms with E-state index in [4.69, 9.17) is 4.74 Å². The lowest BCUT2D eigenvalue weighted by Gasteiger charge is -2.39. The van der Waals surface area contributed by atoms with E-state index < -0.39 is 5.60 Å². The van der Waals surface area contributed by atoms with Crippen molar-refractivity contribution < 1.29 is 14.6 Å². The Labute approximate surface area is 173 Å². The molecule has 1 amide bonds. The van der Waals surface area contributed by atoms with E-state index in [-0.39, 0.29) is 12.0 Å². The summed E-state index contributed by atoms with van der Waals surface area (Å²) in [4.78, 5) is 16.0. The van der Waals surface area contributed by atoms with Gasteiger partial charge in [0.25, 0.3) is 0 Å². The molecule has 2 aliphatic heterocycles. The Balaban J connectivity index is 1.34. The molecule has 1 N–H and O–H groups in total. The molecule has 1 aromatic carbocycles. The number of piperidine rings is 1. The first kappa shape index (κ1) is 20.2. The highest BCUT2D eigenvalue weighted by Crippen LogP contribution is 2.29. The number of amides is 1. The van der Waals surface area contributed by atoms with E-state index in [9.17, 15) is 9.90 Å². The lowest BCUT2D eigenvalue weighted by molar-refractivity contribution is -0.132. The molecule has 4 rings (SSSR count). The fourth-order valence-electron chi connectivity index (χ4n) is 4.83. The van der Waals surface area contributed by atoms with Gasteiger partial charge in [0, 0.05) is 51.7 Å². The zero-order valence-electron chi connectivity index (χ0n) is 17.6. The number of carbonyl (C=O) groups excluding carboxylic acids is 1. The summed E-state index contributed by atoms with van der Waals surface area (Å²) in [5, 5.41) is 12.3. The lowest BCUT2D eigenvalue weighted by atomic mass is 9.95. The molecule has 2 fully saturated rings. The molecule has 0 bridgehead atoms. The number of benzene rings is 1. The average molecular weight is 400 g/mol. The summed E-state index contributed by atoms with van der Waals surface area (Å²) in [5.74, 6) is 1.02. The highest BCUT2D eigenvalue weighted by atomic mass is 16.5. The van der Waals surface area contributed by atoms with E-state index in [0.717, 1.165) is 62.9 Å². The van der Waals surface area contributed by atoms with Gasteiger partial charge in [0.1, 0.15) is 11.9 Å². The Bertz CT molecular complexity index is 856. The number of aliphatic hydroxyl groups is 1. The summed E-state index contributed by atoms with van der Waals surface area (Å²) in [6, 6.07) is 8.33. The van der Waals surface area contributed by atoms with E-state index in [2.05, 4.69) is 47.0 Å². The second-order valence-electron chi connectivity index (χ2n) is 8.83. The zero-order valence-corrected chi connectivity index (χ0v) is 17.6. The van der Waals surface area contributed by atoms with Crippen LogP contribution in [-0.2, 0) is 11.8 Å². The Morgan fingerprint density at radius 3 is 2.76 bits per heavy atom. The van der Waals surface area contributed by atoms with Gasteiger partial charge >= 0.3 is 0 Å². The van der Waals surface area contributed by atoms with Gasteiger partial charge in [0.05, 0.1) is 17.7 Å². The van der Waals surface area contributed by atoms with Crippen molar-refractivity contribution in [1.29, 1.82) is 0 Å². The van der Waals surface area contributed by atoms with Crippen molar-refractivity contribution in [3.05, 3.63) is 30.5 Å². The van der Waals surface area contributed by atoms with Crippen molar-refractivity contribution in [2.24, 2.45) is 7.05 Å². The fraction of sp³-hybridized carbons (Fsp3) is 0.609. The molecule has 1 atom stereocenters. The number of fused-ring (bicyclic) bond motifs is 1. The van der Waals surface area contributed by atoms with E-state index in [1.807, 2.05) is 4.90 Å². The number of rotatable bonds is 4. The summed E-state index contributed by atoms with van der Waals surface area (Å²) in [7, 11) is 2.05. The minimum absolute atomic E-state index is 0.0625. The summed E-state index contributed by atoms with van der Waals surface area (Å²) >= 11 is 0. The van der Waals surface area contributed by atoms with Crippen LogP contribution in [0.2, 0.25) is 0 Å². The van der Waals surface area contributed by atoms with Gasteiger partial charge in [-0.25, -0.2) is 0 Å². The molecule has 2 saturated heterocycles. The smallest absolute Gasteiger partial charge is 0.219 e. The molecule has 0 aliphatic carbocycles. The van der Waals surface area contributed by atoms with Crippen molar-refractivity contribution in [1.82, 2.24) is 14.4 Å². The number of hydrogen-bond donors (Lipinski definition) is 1. The molecular formula is C23H33N3O3. The van der Waals surface area contributed by atoms with Crippen LogP contribution in [-0.4, -0.2) is 69.8 Å². The standard InChI is InChI=1S/C23H33N3O3/c1-18(27)26-12-4-3-11-23(28,17-26)16-25-14-8-19(9-15-25)29-22-7-5-6-21-20(22)10-13-24(21)2/h5-7,10,13,19,28H,3-4,8-9,11-12,14-17H2,1-2H3. The first-order chi connectivity index (χ1) is 13.9. The van der Waals surface area contributed by atoms with Crippen LogP contribution in [0, 0.1) is 0 Å². The quantitative estimate of drug-likeness (QED) is 0.859. The number of aromatic nitrogens is 1. The molecule has 2 aliphatic rings. The Morgan fingerprint density at radius 2 is 2.00 bits per heavy atom. The molecule has 29 heavy (non-hydrogen) atoms. The number of aryl methyl sites for hydroxylation is 1. The van der Waals surface area contributed by atoms with Gasteiger partial charge in [0.15, 0.2) is 0 Å². The molecule has 158 valence electrons.